The van der Waals surface area contributed by atoms with Gasteiger partial charge in [0, 0.05) is 6.07 Å². The van der Waals surface area contributed by atoms with Gasteiger partial charge in [-0.25, -0.2) is 9.36 Å². The maximum Gasteiger partial charge on any atom is 0.339 e. The Balaban J connectivity index is 1.84. The van der Waals surface area contributed by atoms with Gasteiger partial charge in [-0.1, -0.05) is 54.6 Å². The molecule has 1 aromatic heterocycles. The molecule has 114 valence electrons. The van der Waals surface area contributed by atoms with Crippen molar-refractivity contribution in [2.45, 2.75) is 6.54 Å². The average molecular weight is 305 g/mol. The molecule has 23 heavy (non-hydrogen) atoms. The first-order chi connectivity index (χ1) is 11.1. The molecular formula is C19H17N2O2+. The van der Waals surface area contributed by atoms with Crippen molar-refractivity contribution in [3.63, 3.8) is 0 Å². The van der Waals surface area contributed by atoms with E-state index in [1.165, 1.54) is 11.6 Å². The first kappa shape index (κ1) is 14.8. The monoisotopic (exact) mass is 305 g/mol. The molecule has 0 radical (unpaired) electrons. The van der Waals surface area contributed by atoms with Gasteiger partial charge >= 0.3 is 5.97 Å². The summed E-state index contributed by atoms with van der Waals surface area (Å²) in [7, 11) is 0. The third kappa shape index (κ3) is 3.37. The van der Waals surface area contributed by atoms with Crippen LogP contribution in [0.1, 0.15) is 15.9 Å². The van der Waals surface area contributed by atoms with Crippen LogP contribution in [0.15, 0.2) is 72.9 Å². The number of nitrogen functional groups attached to an aromatic ring is 1. The zero-order valence-electron chi connectivity index (χ0n) is 12.5. The van der Waals surface area contributed by atoms with Crippen molar-refractivity contribution < 1.29 is 14.5 Å². The van der Waals surface area contributed by atoms with Gasteiger partial charge in [0.15, 0.2) is 0 Å². The van der Waals surface area contributed by atoms with Crippen LogP contribution >= 0.6 is 0 Å². The van der Waals surface area contributed by atoms with Crippen LogP contribution in [0.4, 0.5) is 5.82 Å². The quantitative estimate of drug-likeness (QED) is 0.728. The van der Waals surface area contributed by atoms with Crippen LogP contribution in [0, 0.1) is 0 Å². The highest BCUT2D eigenvalue weighted by molar-refractivity contribution is 5.86. The van der Waals surface area contributed by atoms with Gasteiger partial charge < -0.3 is 5.11 Å². The predicted molar refractivity (Wildman–Crippen MR) is 89.0 cm³/mol. The molecule has 4 nitrogen and oxygen atoms in total. The van der Waals surface area contributed by atoms with E-state index in [4.69, 9.17) is 10.8 Å². The molecule has 3 N–H and O–H groups in total. The van der Waals surface area contributed by atoms with E-state index in [1.807, 2.05) is 30.3 Å². The summed E-state index contributed by atoms with van der Waals surface area (Å²) in [6.07, 6.45) is 1.56. The largest absolute Gasteiger partial charge is 0.478 e. The molecule has 0 spiro atoms. The first-order valence-electron chi connectivity index (χ1n) is 7.30. The summed E-state index contributed by atoms with van der Waals surface area (Å²) in [6.45, 7) is 0.530. The van der Waals surface area contributed by atoms with E-state index in [2.05, 4.69) is 24.3 Å². The topological polar surface area (TPSA) is 67.2 Å². The van der Waals surface area contributed by atoms with Crippen molar-refractivity contribution >= 4 is 11.8 Å². The van der Waals surface area contributed by atoms with Crippen LogP contribution in [0.2, 0.25) is 0 Å². The molecule has 3 rings (SSSR count). The Labute approximate surface area is 134 Å². The van der Waals surface area contributed by atoms with E-state index in [0.717, 1.165) is 11.1 Å². The zero-order chi connectivity index (χ0) is 16.2. The van der Waals surface area contributed by atoms with Gasteiger partial charge in [0.1, 0.15) is 12.7 Å². The minimum absolute atomic E-state index is 0.222. The third-order valence-electron chi connectivity index (χ3n) is 3.72. The molecule has 1 heterocycles. The molecule has 4 heteroatoms. The lowest BCUT2D eigenvalue weighted by atomic mass is 10.0. The van der Waals surface area contributed by atoms with Crippen LogP contribution in [0.25, 0.3) is 11.1 Å². The number of pyridine rings is 1. The van der Waals surface area contributed by atoms with E-state index in [1.54, 1.807) is 16.8 Å². The summed E-state index contributed by atoms with van der Waals surface area (Å²) in [5.74, 6) is -0.430. The van der Waals surface area contributed by atoms with E-state index in [0.29, 0.717) is 12.4 Å². The van der Waals surface area contributed by atoms with Crippen LogP contribution in [0.3, 0.4) is 0 Å². The van der Waals surface area contributed by atoms with Crippen molar-refractivity contribution in [3.05, 3.63) is 84.1 Å². The molecule has 0 aliphatic carbocycles. The Bertz CT molecular complexity index is 828. The van der Waals surface area contributed by atoms with E-state index in [-0.39, 0.29) is 5.56 Å². The van der Waals surface area contributed by atoms with Crippen LogP contribution in [-0.2, 0) is 6.54 Å². The van der Waals surface area contributed by atoms with Crippen molar-refractivity contribution in [2.75, 3.05) is 5.73 Å². The number of carbonyl (C=O) groups is 1. The van der Waals surface area contributed by atoms with Gasteiger partial charge in [0.05, 0.1) is 5.56 Å². The predicted octanol–water partition coefficient (Wildman–Crippen LogP) is 2.97. The van der Waals surface area contributed by atoms with E-state index >= 15 is 0 Å². The Morgan fingerprint density at radius 1 is 0.913 bits per heavy atom. The van der Waals surface area contributed by atoms with E-state index in [9.17, 15) is 4.79 Å². The Hall–Kier alpha value is -3.14. The number of aromatic carboxylic acids is 1. The summed E-state index contributed by atoms with van der Waals surface area (Å²) >= 11 is 0. The second kappa shape index (κ2) is 6.32. The molecule has 0 aliphatic heterocycles. The maximum absolute atomic E-state index is 11.1. The SMILES string of the molecule is Nc1ccc(C(=O)O)c[n+]1Cc1ccc(-c2ccccc2)cc1. The summed E-state index contributed by atoms with van der Waals surface area (Å²) in [5, 5.41) is 9.07. The lowest BCUT2D eigenvalue weighted by Crippen LogP contribution is -2.38. The highest BCUT2D eigenvalue weighted by Crippen LogP contribution is 2.19. The highest BCUT2D eigenvalue weighted by Gasteiger charge is 2.11. The van der Waals surface area contributed by atoms with Crippen LogP contribution < -0.4 is 10.3 Å². The van der Waals surface area contributed by atoms with Gasteiger partial charge in [-0.2, -0.15) is 0 Å². The number of benzene rings is 2. The van der Waals surface area contributed by atoms with Crippen LogP contribution in [0.5, 0.6) is 0 Å². The molecule has 0 saturated heterocycles. The Morgan fingerprint density at radius 3 is 2.22 bits per heavy atom. The molecule has 0 bridgehead atoms. The van der Waals surface area contributed by atoms with Crippen LogP contribution in [-0.4, -0.2) is 11.1 Å². The minimum atomic E-state index is -0.960. The molecule has 3 aromatic rings. The second-order valence-corrected chi connectivity index (χ2v) is 5.34. The fourth-order valence-corrected chi connectivity index (χ4v) is 2.45. The molecule has 2 aromatic carbocycles. The molecule has 0 saturated carbocycles. The standard InChI is InChI=1S/C19H16N2O2/c20-18-11-10-17(19(22)23)13-21(18)12-14-6-8-16(9-7-14)15-4-2-1-3-5-15/h1-11,13,20H,12H2,(H,22,23)/p+1. The molecule has 0 amide bonds. The number of aromatic nitrogens is 1. The lowest BCUT2D eigenvalue weighted by Gasteiger charge is -2.06. The molecule has 0 unspecified atom stereocenters. The van der Waals surface area contributed by atoms with Crippen molar-refractivity contribution in [2.24, 2.45) is 0 Å². The number of hydrogen-bond acceptors (Lipinski definition) is 2. The fourth-order valence-electron chi connectivity index (χ4n) is 2.45. The second-order valence-electron chi connectivity index (χ2n) is 5.34. The number of nitrogens with zero attached hydrogens (tertiary/aromatic N) is 1. The zero-order valence-corrected chi connectivity index (χ0v) is 12.5. The number of nitrogens with two attached hydrogens (primary N) is 1. The Kier molecular flexibility index (Phi) is 4.06. The molecule has 0 atom stereocenters. The third-order valence-corrected chi connectivity index (χ3v) is 3.72. The summed E-state index contributed by atoms with van der Waals surface area (Å²) in [5.41, 5.74) is 9.52. The van der Waals surface area contributed by atoms with Gasteiger partial charge in [0.2, 0.25) is 0 Å². The molecule has 0 aliphatic rings. The van der Waals surface area contributed by atoms with Crippen molar-refractivity contribution in [1.82, 2.24) is 0 Å². The Morgan fingerprint density at radius 2 is 1.57 bits per heavy atom. The molecule has 0 fully saturated rings. The number of carboxylic acids is 1. The molecular weight excluding hydrogens is 288 g/mol. The average Bonchev–Trinajstić information content (AvgIpc) is 2.58. The number of carboxylic acid groups (broad SMARTS) is 1. The number of hydrogen-bond donors (Lipinski definition) is 2. The summed E-state index contributed by atoms with van der Waals surface area (Å²) < 4.78 is 1.74. The normalized spacial score (nSPS) is 10.4. The maximum atomic E-state index is 11.1. The van der Waals surface area contributed by atoms with Crippen molar-refractivity contribution in [3.8, 4) is 11.1 Å². The van der Waals surface area contributed by atoms with Gasteiger partial charge in [0.25, 0.3) is 5.82 Å². The number of rotatable bonds is 4. The summed E-state index contributed by atoms with van der Waals surface area (Å²) in [6, 6.07) is 21.4. The van der Waals surface area contributed by atoms with E-state index < -0.39 is 5.97 Å². The van der Waals surface area contributed by atoms with Gasteiger partial charge in [-0.15, -0.1) is 0 Å². The smallest absolute Gasteiger partial charge is 0.339 e. The van der Waals surface area contributed by atoms with Gasteiger partial charge in [-0.05, 0) is 22.8 Å². The van der Waals surface area contributed by atoms with Gasteiger partial charge in [-0.3, -0.25) is 5.73 Å². The first-order valence-corrected chi connectivity index (χ1v) is 7.30. The highest BCUT2D eigenvalue weighted by atomic mass is 16.4. The number of anilines is 1. The van der Waals surface area contributed by atoms with Crippen molar-refractivity contribution in [1.29, 1.82) is 0 Å². The fraction of sp³-hybridized carbons (Fsp3) is 0.0526. The summed E-state index contributed by atoms with van der Waals surface area (Å²) in [4.78, 5) is 11.1. The lowest BCUT2D eigenvalue weighted by molar-refractivity contribution is -0.674. The minimum Gasteiger partial charge on any atom is -0.478 e.